The molecular formula is C7H14O2. The monoisotopic (exact) mass is 130 g/mol. The molecule has 0 aliphatic rings. The third-order valence-electron chi connectivity index (χ3n) is 0.890. The summed E-state index contributed by atoms with van der Waals surface area (Å²) in [4.78, 5) is 0. The first kappa shape index (κ1) is 8.66. The van der Waals surface area contributed by atoms with E-state index in [2.05, 4.69) is 6.58 Å². The van der Waals surface area contributed by atoms with Gasteiger partial charge in [0.2, 0.25) is 0 Å². The Balaban J connectivity index is 3.42. The van der Waals surface area contributed by atoms with E-state index in [0.717, 1.165) is 0 Å². The summed E-state index contributed by atoms with van der Waals surface area (Å²) < 4.78 is 5.18. The average Bonchev–Trinajstić information content (AvgIpc) is 1.82. The summed E-state index contributed by atoms with van der Waals surface area (Å²) in [6.45, 7) is 7.36. The largest absolute Gasteiger partial charge is 0.393 e. The number of ether oxygens (including phenoxy) is 1. The van der Waals surface area contributed by atoms with Gasteiger partial charge >= 0.3 is 0 Å². The van der Waals surface area contributed by atoms with Crippen LogP contribution in [0.15, 0.2) is 12.7 Å². The molecule has 0 rings (SSSR count). The van der Waals surface area contributed by atoms with Crippen LogP contribution in [0.3, 0.4) is 0 Å². The van der Waals surface area contributed by atoms with Crippen LogP contribution in [0.25, 0.3) is 0 Å². The molecule has 0 aliphatic carbocycles. The molecule has 0 aromatic heterocycles. The van der Waals surface area contributed by atoms with E-state index in [-0.39, 0.29) is 18.8 Å². The maximum Gasteiger partial charge on any atom is 0.0987 e. The van der Waals surface area contributed by atoms with Gasteiger partial charge in [-0.3, -0.25) is 0 Å². The highest BCUT2D eigenvalue weighted by atomic mass is 16.5. The van der Waals surface area contributed by atoms with E-state index in [0.29, 0.717) is 0 Å². The van der Waals surface area contributed by atoms with E-state index in [1.165, 1.54) is 0 Å². The zero-order chi connectivity index (χ0) is 7.28. The fourth-order valence-corrected chi connectivity index (χ4v) is 0.523. The molecule has 1 N–H and O–H groups in total. The van der Waals surface area contributed by atoms with Gasteiger partial charge in [-0.15, -0.1) is 6.58 Å². The predicted octanol–water partition coefficient (Wildman–Crippen LogP) is 0.958. The molecule has 9 heavy (non-hydrogen) atoms. The first-order valence-corrected chi connectivity index (χ1v) is 3.09. The molecule has 0 aromatic rings. The third kappa shape index (κ3) is 4.18. The summed E-state index contributed by atoms with van der Waals surface area (Å²) in [6, 6.07) is 0. The quantitative estimate of drug-likeness (QED) is 0.574. The van der Waals surface area contributed by atoms with Gasteiger partial charge in [0.05, 0.1) is 18.8 Å². The van der Waals surface area contributed by atoms with Crippen LogP contribution >= 0.6 is 0 Å². The molecule has 54 valence electrons. The highest BCUT2D eigenvalue weighted by Crippen LogP contribution is 1.96. The Bertz CT molecular complexity index is 79.0. The van der Waals surface area contributed by atoms with Crippen LogP contribution in [0.5, 0.6) is 0 Å². The van der Waals surface area contributed by atoms with Crippen molar-refractivity contribution in [3.05, 3.63) is 12.7 Å². The van der Waals surface area contributed by atoms with Crippen LogP contribution in [0.1, 0.15) is 13.8 Å². The van der Waals surface area contributed by atoms with Crippen LogP contribution in [0, 0.1) is 0 Å². The number of rotatable bonds is 4. The van der Waals surface area contributed by atoms with Crippen molar-refractivity contribution in [1.29, 1.82) is 0 Å². The van der Waals surface area contributed by atoms with E-state index in [1.807, 2.05) is 13.8 Å². The molecule has 0 spiro atoms. The van der Waals surface area contributed by atoms with E-state index in [9.17, 15) is 0 Å². The molecule has 0 unspecified atom stereocenters. The summed E-state index contributed by atoms with van der Waals surface area (Å²) in [5.74, 6) is 0. The Morgan fingerprint density at radius 2 is 2.22 bits per heavy atom. The van der Waals surface area contributed by atoms with Crippen LogP contribution in [-0.4, -0.2) is 23.9 Å². The topological polar surface area (TPSA) is 29.5 Å². The van der Waals surface area contributed by atoms with Gasteiger partial charge in [-0.25, -0.2) is 0 Å². The van der Waals surface area contributed by atoms with Gasteiger partial charge in [0.25, 0.3) is 0 Å². The van der Waals surface area contributed by atoms with E-state index >= 15 is 0 Å². The Labute approximate surface area is 56.1 Å². The summed E-state index contributed by atoms with van der Waals surface area (Å²) >= 11 is 0. The molecular weight excluding hydrogens is 116 g/mol. The molecule has 0 heterocycles. The summed E-state index contributed by atoms with van der Waals surface area (Å²) in [6.07, 6.45) is 1.55. The minimum atomic E-state index is -0.204. The number of hydrogen-bond acceptors (Lipinski definition) is 2. The van der Waals surface area contributed by atoms with Crippen molar-refractivity contribution in [2.24, 2.45) is 0 Å². The maximum atomic E-state index is 8.58. The molecule has 0 bridgehead atoms. The number of aliphatic hydroxyl groups is 1. The number of hydrogen-bond donors (Lipinski definition) is 1. The lowest BCUT2D eigenvalue weighted by molar-refractivity contribution is 0.00428. The number of aliphatic hydroxyl groups excluding tert-OH is 1. The van der Waals surface area contributed by atoms with Crippen molar-refractivity contribution >= 4 is 0 Å². The van der Waals surface area contributed by atoms with Gasteiger partial charge in [-0.2, -0.15) is 0 Å². The molecule has 0 saturated heterocycles. The van der Waals surface area contributed by atoms with Crippen molar-refractivity contribution in [3.8, 4) is 0 Å². The summed E-state index contributed by atoms with van der Waals surface area (Å²) in [7, 11) is 0. The lowest BCUT2D eigenvalue weighted by atomic mass is 10.3. The molecule has 0 fully saturated rings. The normalized spacial score (nSPS) is 13.8. The minimum Gasteiger partial charge on any atom is -0.393 e. The smallest absolute Gasteiger partial charge is 0.0987 e. The zero-order valence-corrected chi connectivity index (χ0v) is 6.00. The second-order valence-corrected chi connectivity index (χ2v) is 2.14. The first-order chi connectivity index (χ1) is 4.20. The van der Waals surface area contributed by atoms with Crippen molar-refractivity contribution in [1.82, 2.24) is 0 Å². The van der Waals surface area contributed by atoms with Crippen molar-refractivity contribution in [2.75, 3.05) is 6.61 Å². The van der Waals surface area contributed by atoms with Gasteiger partial charge in [-0.1, -0.05) is 6.08 Å². The van der Waals surface area contributed by atoms with Crippen LogP contribution in [0.2, 0.25) is 0 Å². The van der Waals surface area contributed by atoms with Gasteiger partial charge in [-0.05, 0) is 13.8 Å². The van der Waals surface area contributed by atoms with E-state index < -0.39 is 0 Å². The minimum absolute atomic E-state index is 0.0156. The highest BCUT2D eigenvalue weighted by molar-refractivity contribution is 4.79. The predicted molar refractivity (Wildman–Crippen MR) is 37.3 cm³/mol. The van der Waals surface area contributed by atoms with E-state index in [1.54, 1.807) is 6.08 Å². The Hall–Kier alpha value is -0.340. The molecule has 1 atom stereocenters. The van der Waals surface area contributed by atoms with Crippen LogP contribution in [-0.2, 0) is 4.74 Å². The van der Waals surface area contributed by atoms with Gasteiger partial charge < -0.3 is 9.84 Å². The lowest BCUT2D eigenvalue weighted by Gasteiger charge is -2.13. The van der Waals surface area contributed by atoms with Crippen LogP contribution in [0.4, 0.5) is 0 Å². The SMILES string of the molecule is C=C[C@H](CO)OC(C)C. The third-order valence-corrected chi connectivity index (χ3v) is 0.890. The molecule has 2 heteroatoms. The van der Waals surface area contributed by atoms with Gasteiger partial charge in [0, 0.05) is 0 Å². The van der Waals surface area contributed by atoms with Crippen molar-refractivity contribution in [2.45, 2.75) is 26.1 Å². The Kier molecular flexibility index (Phi) is 4.36. The standard InChI is InChI=1S/C7H14O2/c1-4-7(5-8)9-6(2)3/h4,6-8H,1,5H2,2-3H3/t7-/m1/s1. The average molecular weight is 130 g/mol. The molecule has 2 nitrogen and oxygen atoms in total. The molecule has 0 saturated carbocycles. The maximum absolute atomic E-state index is 8.58. The summed E-state index contributed by atoms with van der Waals surface area (Å²) in [5, 5.41) is 8.58. The van der Waals surface area contributed by atoms with Crippen molar-refractivity contribution < 1.29 is 9.84 Å². The fraction of sp³-hybridized carbons (Fsp3) is 0.714. The first-order valence-electron chi connectivity index (χ1n) is 3.09. The zero-order valence-electron chi connectivity index (χ0n) is 6.00. The van der Waals surface area contributed by atoms with Crippen LogP contribution < -0.4 is 0 Å². The molecule has 0 aliphatic heterocycles. The molecule has 0 amide bonds. The molecule has 0 aromatic carbocycles. The lowest BCUT2D eigenvalue weighted by Crippen LogP contribution is -2.18. The Morgan fingerprint density at radius 3 is 2.33 bits per heavy atom. The van der Waals surface area contributed by atoms with Crippen molar-refractivity contribution in [3.63, 3.8) is 0 Å². The Morgan fingerprint density at radius 1 is 1.67 bits per heavy atom. The highest BCUT2D eigenvalue weighted by Gasteiger charge is 2.02. The van der Waals surface area contributed by atoms with Gasteiger partial charge in [0.15, 0.2) is 0 Å². The van der Waals surface area contributed by atoms with E-state index in [4.69, 9.17) is 9.84 Å². The second-order valence-electron chi connectivity index (χ2n) is 2.14. The fourth-order valence-electron chi connectivity index (χ4n) is 0.523. The second kappa shape index (κ2) is 4.53. The molecule has 0 radical (unpaired) electrons. The summed E-state index contributed by atoms with van der Waals surface area (Å²) in [5.41, 5.74) is 0. The van der Waals surface area contributed by atoms with Gasteiger partial charge in [0.1, 0.15) is 0 Å².